The van der Waals surface area contributed by atoms with Crippen molar-refractivity contribution in [3.63, 3.8) is 0 Å². The number of hydrogen-bond donors (Lipinski definition) is 1. The Morgan fingerprint density at radius 1 is 1.33 bits per heavy atom. The molecule has 33 heavy (non-hydrogen) atoms. The third-order valence-corrected chi connectivity index (χ3v) is 5.88. The molecule has 170 valence electrons. The number of aromatic amines is 1. The Balaban J connectivity index is 1.44. The number of amides is 1. The Bertz CT molecular complexity index is 1370. The molecule has 0 saturated carbocycles. The number of carbonyl (C=O) groups excluding carboxylic acids is 1. The first-order chi connectivity index (χ1) is 15.9. The van der Waals surface area contributed by atoms with Crippen molar-refractivity contribution in [1.82, 2.24) is 34.8 Å². The van der Waals surface area contributed by atoms with Crippen LogP contribution in [0.1, 0.15) is 34.9 Å². The van der Waals surface area contributed by atoms with Crippen molar-refractivity contribution in [1.29, 1.82) is 0 Å². The predicted molar refractivity (Wildman–Crippen MR) is 121 cm³/mol. The second-order valence-corrected chi connectivity index (χ2v) is 8.45. The molecule has 1 fully saturated rings. The maximum absolute atomic E-state index is 13.4. The zero-order valence-electron chi connectivity index (χ0n) is 18.6. The quantitative estimate of drug-likeness (QED) is 0.501. The van der Waals surface area contributed by atoms with Crippen LogP contribution in [0.25, 0.3) is 22.2 Å². The summed E-state index contributed by atoms with van der Waals surface area (Å²) in [5, 5.41) is 8.56. The van der Waals surface area contributed by atoms with Crippen LogP contribution in [0, 0.1) is 0 Å². The molecule has 11 nitrogen and oxygen atoms in total. The van der Waals surface area contributed by atoms with E-state index >= 15 is 0 Å². The molecule has 5 heterocycles. The highest BCUT2D eigenvalue weighted by molar-refractivity contribution is 5.98. The Morgan fingerprint density at radius 3 is 2.94 bits per heavy atom. The number of pyridine rings is 1. The first-order valence-corrected chi connectivity index (χ1v) is 10.7. The fourth-order valence-corrected chi connectivity index (χ4v) is 4.23. The van der Waals surface area contributed by atoms with E-state index in [-0.39, 0.29) is 17.4 Å². The van der Waals surface area contributed by atoms with Gasteiger partial charge in [-0.2, -0.15) is 5.10 Å². The Labute approximate surface area is 189 Å². The third-order valence-electron chi connectivity index (χ3n) is 5.88. The molecule has 0 unspecified atom stereocenters. The van der Waals surface area contributed by atoms with Gasteiger partial charge < -0.3 is 19.3 Å². The number of H-pyrrole nitrogens is 1. The van der Waals surface area contributed by atoms with E-state index < -0.39 is 0 Å². The summed E-state index contributed by atoms with van der Waals surface area (Å²) in [4.78, 5) is 41.4. The summed E-state index contributed by atoms with van der Waals surface area (Å²) >= 11 is 0. The topological polar surface area (TPSA) is 126 Å². The van der Waals surface area contributed by atoms with Crippen molar-refractivity contribution in [2.75, 3.05) is 32.1 Å². The number of carbonyl (C=O) groups is 1. The van der Waals surface area contributed by atoms with E-state index in [4.69, 9.17) is 4.52 Å². The van der Waals surface area contributed by atoms with E-state index in [0.29, 0.717) is 47.0 Å². The van der Waals surface area contributed by atoms with Gasteiger partial charge in [0.2, 0.25) is 5.95 Å². The number of aromatic nitrogens is 6. The lowest BCUT2D eigenvalue weighted by Crippen LogP contribution is -2.40. The van der Waals surface area contributed by atoms with E-state index in [9.17, 15) is 9.59 Å². The van der Waals surface area contributed by atoms with Crippen molar-refractivity contribution in [3.8, 4) is 11.3 Å². The number of fused-ring (bicyclic) bond motifs is 1. The lowest BCUT2D eigenvalue weighted by atomic mass is 9.93. The van der Waals surface area contributed by atoms with Crippen LogP contribution >= 0.6 is 0 Å². The molecule has 5 rings (SSSR count). The van der Waals surface area contributed by atoms with Gasteiger partial charge in [0.15, 0.2) is 11.5 Å². The van der Waals surface area contributed by atoms with Crippen LogP contribution in [0.15, 0.2) is 40.0 Å². The molecule has 4 aromatic rings. The van der Waals surface area contributed by atoms with Crippen molar-refractivity contribution in [2.45, 2.75) is 18.8 Å². The molecule has 1 atom stereocenters. The summed E-state index contributed by atoms with van der Waals surface area (Å²) in [7, 11) is 5.47. The molecule has 1 aliphatic rings. The SMILES string of the molecule is CN(C)c1ncc2c(=O)[nH]c([C@H]3CCCN(C(=O)c4nn(C)cc4-c4ccno4)C3)cc2n1. The van der Waals surface area contributed by atoms with Gasteiger partial charge in [0, 0.05) is 64.3 Å². The number of nitrogens with one attached hydrogen (secondary N) is 1. The summed E-state index contributed by atoms with van der Waals surface area (Å²) in [6.45, 7) is 1.09. The van der Waals surface area contributed by atoms with Gasteiger partial charge in [-0.3, -0.25) is 14.3 Å². The Hall–Kier alpha value is -4.02. The molecule has 0 radical (unpaired) electrons. The Kier molecular flexibility index (Phi) is 5.15. The van der Waals surface area contributed by atoms with Crippen molar-refractivity contribution in [3.05, 3.63) is 52.5 Å². The number of rotatable bonds is 4. The van der Waals surface area contributed by atoms with Gasteiger partial charge in [0.05, 0.1) is 22.7 Å². The highest BCUT2D eigenvalue weighted by Crippen LogP contribution is 2.29. The first-order valence-electron chi connectivity index (χ1n) is 10.7. The molecule has 0 bridgehead atoms. The van der Waals surface area contributed by atoms with Crippen LogP contribution in [-0.2, 0) is 7.05 Å². The molecule has 1 saturated heterocycles. The van der Waals surface area contributed by atoms with Crippen molar-refractivity contribution < 1.29 is 9.32 Å². The van der Waals surface area contributed by atoms with Crippen LogP contribution in [0.3, 0.4) is 0 Å². The zero-order valence-corrected chi connectivity index (χ0v) is 18.6. The van der Waals surface area contributed by atoms with E-state index in [1.165, 1.54) is 6.20 Å². The molecule has 0 aromatic carbocycles. The molecular formula is C22H24N8O3. The minimum Gasteiger partial charge on any atom is -0.356 e. The number of piperidine rings is 1. The molecule has 1 amide bonds. The van der Waals surface area contributed by atoms with E-state index in [0.717, 1.165) is 18.5 Å². The lowest BCUT2D eigenvalue weighted by Gasteiger charge is -2.32. The van der Waals surface area contributed by atoms with Crippen LogP contribution in [-0.4, -0.2) is 67.9 Å². The summed E-state index contributed by atoms with van der Waals surface area (Å²) < 4.78 is 6.85. The molecule has 11 heteroatoms. The van der Waals surface area contributed by atoms with Crippen LogP contribution in [0.2, 0.25) is 0 Å². The van der Waals surface area contributed by atoms with Crippen LogP contribution in [0.5, 0.6) is 0 Å². The maximum atomic E-state index is 13.4. The highest BCUT2D eigenvalue weighted by Gasteiger charge is 2.30. The predicted octanol–water partition coefficient (Wildman–Crippen LogP) is 1.79. The van der Waals surface area contributed by atoms with E-state index in [1.54, 1.807) is 40.0 Å². The monoisotopic (exact) mass is 448 g/mol. The number of nitrogens with zero attached hydrogens (tertiary/aromatic N) is 7. The first kappa shape index (κ1) is 20.9. The zero-order chi connectivity index (χ0) is 23.1. The fraction of sp³-hybridized carbons (Fsp3) is 0.364. The molecule has 1 N–H and O–H groups in total. The van der Waals surface area contributed by atoms with Gasteiger partial charge in [-0.05, 0) is 18.9 Å². The average Bonchev–Trinajstić information content (AvgIpc) is 3.48. The normalized spacial score (nSPS) is 16.3. The second-order valence-electron chi connectivity index (χ2n) is 8.45. The number of likely N-dealkylation sites (tertiary alicyclic amines) is 1. The van der Waals surface area contributed by atoms with Gasteiger partial charge in [0.25, 0.3) is 11.5 Å². The number of hydrogen-bond acceptors (Lipinski definition) is 8. The van der Waals surface area contributed by atoms with Crippen LogP contribution in [0.4, 0.5) is 5.95 Å². The minimum absolute atomic E-state index is 0.0185. The summed E-state index contributed by atoms with van der Waals surface area (Å²) in [6, 6.07) is 3.60. The highest BCUT2D eigenvalue weighted by atomic mass is 16.5. The number of aryl methyl sites for hydroxylation is 1. The minimum atomic E-state index is -0.228. The molecular weight excluding hydrogens is 424 g/mol. The molecule has 0 aliphatic carbocycles. The van der Waals surface area contributed by atoms with Crippen LogP contribution < -0.4 is 10.5 Å². The van der Waals surface area contributed by atoms with Gasteiger partial charge in [0.1, 0.15) is 0 Å². The maximum Gasteiger partial charge on any atom is 0.275 e. The van der Waals surface area contributed by atoms with E-state index in [1.807, 2.05) is 20.2 Å². The smallest absolute Gasteiger partial charge is 0.275 e. The Morgan fingerprint density at radius 2 is 2.18 bits per heavy atom. The summed E-state index contributed by atoms with van der Waals surface area (Å²) in [5.74, 6) is 0.840. The van der Waals surface area contributed by atoms with Crippen molar-refractivity contribution >= 4 is 22.8 Å². The molecule has 1 aliphatic heterocycles. The fourth-order valence-electron chi connectivity index (χ4n) is 4.23. The number of anilines is 1. The second kappa shape index (κ2) is 8.15. The van der Waals surface area contributed by atoms with Gasteiger partial charge >= 0.3 is 0 Å². The van der Waals surface area contributed by atoms with Gasteiger partial charge in [-0.25, -0.2) is 9.97 Å². The third kappa shape index (κ3) is 3.86. The largest absolute Gasteiger partial charge is 0.356 e. The van der Waals surface area contributed by atoms with Gasteiger partial charge in [-0.15, -0.1) is 0 Å². The van der Waals surface area contributed by atoms with Gasteiger partial charge in [-0.1, -0.05) is 5.16 Å². The lowest BCUT2D eigenvalue weighted by molar-refractivity contribution is 0.0699. The summed E-state index contributed by atoms with van der Waals surface area (Å²) in [5.41, 5.74) is 2.06. The van der Waals surface area contributed by atoms with E-state index in [2.05, 4.69) is 25.2 Å². The molecule has 0 spiro atoms. The average molecular weight is 448 g/mol. The standard InChI is InChI=1S/C22H24N8O3/c1-28(2)22-23-10-14-17(26-22)9-16(25-20(14)31)13-5-4-8-30(11-13)21(32)19-15(12-29(3)27-19)18-6-7-24-33-18/h6-7,9-10,12-13H,4-5,8,11H2,1-3H3,(H,25,31)/t13-/m0/s1. The molecule has 4 aromatic heterocycles. The summed E-state index contributed by atoms with van der Waals surface area (Å²) in [6.07, 6.45) is 6.50. The van der Waals surface area contributed by atoms with Crippen molar-refractivity contribution in [2.24, 2.45) is 7.05 Å².